The van der Waals surface area contributed by atoms with Crippen LogP contribution >= 0.6 is 0 Å². The molecule has 0 aromatic heterocycles. The van der Waals surface area contributed by atoms with Gasteiger partial charge in [-0.05, 0) is 25.7 Å². The average molecular weight is 549 g/mol. The van der Waals surface area contributed by atoms with Crippen molar-refractivity contribution in [1.29, 1.82) is 0 Å². The lowest BCUT2D eigenvalue weighted by molar-refractivity contribution is -0.145. The summed E-state index contributed by atoms with van der Waals surface area (Å²) in [6, 6.07) is -1.17. The standard InChI is InChI=1S/C14H25NO3.C9H18O2.C6H11NO2.2H2/c1-5-7-8-10-11(3)13(16)15-12(9-6-2)14(17)18-4;1-4-5-6-7-8(2)9(10)11-3;1-3-4-5(7)6(8)9-2;;/h6,11-12H,2,5,7-10H2,1,3-4H3,(H,15,16);8H,4-7H2,1-3H3;3,5H,1,4,7H2,2H3;2*1H/t11-,12+;8-;5-;;/m111../s1/i;;;2*1+1. The van der Waals surface area contributed by atoms with Crippen molar-refractivity contribution in [3.63, 3.8) is 0 Å². The maximum atomic E-state index is 11.9. The highest BCUT2D eigenvalue weighted by atomic mass is 16.5. The van der Waals surface area contributed by atoms with E-state index in [1.165, 1.54) is 34.2 Å². The third kappa shape index (κ3) is 22.5. The molecule has 0 saturated heterocycles. The first-order valence-corrected chi connectivity index (χ1v) is 13.5. The summed E-state index contributed by atoms with van der Waals surface area (Å²) >= 11 is 0. The van der Waals surface area contributed by atoms with E-state index in [4.69, 9.17) is 5.73 Å². The van der Waals surface area contributed by atoms with E-state index in [2.05, 4.69) is 46.5 Å². The molecule has 9 heteroatoms. The van der Waals surface area contributed by atoms with Crippen LogP contribution in [0.1, 0.15) is 94.8 Å². The minimum absolute atomic E-state index is 0. The molecule has 0 aromatic rings. The Morgan fingerprint density at radius 1 is 0.763 bits per heavy atom. The molecule has 0 aliphatic rings. The molecule has 0 aliphatic carbocycles. The molecule has 226 valence electrons. The number of ether oxygens (including phenoxy) is 3. The Hall–Kier alpha value is -2.68. The predicted molar refractivity (Wildman–Crippen MR) is 156 cm³/mol. The molecule has 0 aliphatic heterocycles. The molecule has 0 radical (unpaired) electrons. The molecule has 0 rings (SSSR count). The van der Waals surface area contributed by atoms with E-state index < -0.39 is 24.0 Å². The van der Waals surface area contributed by atoms with Crippen LogP contribution in [0.3, 0.4) is 0 Å². The summed E-state index contributed by atoms with van der Waals surface area (Å²) in [6.07, 6.45) is 12.7. The molecule has 0 saturated carbocycles. The maximum absolute atomic E-state index is 11.9. The largest absolute Gasteiger partial charge is 0.469 e. The van der Waals surface area contributed by atoms with Gasteiger partial charge in [-0.3, -0.25) is 14.4 Å². The van der Waals surface area contributed by atoms with Gasteiger partial charge in [0.15, 0.2) is 0 Å². The summed E-state index contributed by atoms with van der Waals surface area (Å²) in [6.45, 7) is 15.1. The molecule has 1 amide bonds. The Bertz CT molecular complexity index is 679. The van der Waals surface area contributed by atoms with Crippen LogP contribution in [0.2, 0.25) is 0 Å². The summed E-state index contributed by atoms with van der Waals surface area (Å²) in [5.41, 5.74) is 5.29. The summed E-state index contributed by atoms with van der Waals surface area (Å²) in [4.78, 5) is 44.7. The second kappa shape index (κ2) is 27.4. The molecule has 0 fully saturated rings. The molecule has 3 N–H and O–H groups in total. The molecule has 0 spiro atoms. The lowest BCUT2D eigenvalue weighted by atomic mass is 10.0. The van der Waals surface area contributed by atoms with Crippen LogP contribution in [0.15, 0.2) is 25.3 Å². The van der Waals surface area contributed by atoms with Crippen LogP contribution in [-0.2, 0) is 33.4 Å². The summed E-state index contributed by atoms with van der Waals surface area (Å²) in [5.74, 6) is -0.997. The van der Waals surface area contributed by atoms with Crippen molar-refractivity contribution in [2.24, 2.45) is 17.6 Å². The Morgan fingerprint density at radius 3 is 1.61 bits per heavy atom. The normalized spacial score (nSPS) is 12.9. The number of hydrogen-bond donors (Lipinski definition) is 2. The van der Waals surface area contributed by atoms with E-state index >= 15 is 0 Å². The zero-order chi connectivity index (χ0) is 29.9. The van der Waals surface area contributed by atoms with Gasteiger partial charge in [0.1, 0.15) is 12.1 Å². The van der Waals surface area contributed by atoms with Crippen LogP contribution in [0.4, 0.5) is 0 Å². The van der Waals surface area contributed by atoms with Gasteiger partial charge in [0, 0.05) is 8.77 Å². The van der Waals surface area contributed by atoms with Gasteiger partial charge >= 0.3 is 17.9 Å². The fraction of sp³-hybridized carbons (Fsp3) is 0.724. The van der Waals surface area contributed by atoms with Gasteiger partial charge in [0.2, 0.25) is 5.91 Å². The first-order valence-electron chi connectivity index (χ1n) is 13.5. The Labute approximate surface area is 233 Å². The minimum atomic E-state index is -0.617. The summed E-state index contributed by atoms with van der Waals surface area (Å²) < 4.78 is 13.6. The van der Waals surface area contributed by atoms with Crippen molar-refractivity contribution >= 4 is 23.8 Å². The number of hydrogen-bond acceptors (Lipinski definition) is 8. The van der Waals surface area contributed by atoms with Gasteiger partial charge in [-0.25, -0.2) is 4.79 Å². The van der Waals surface area contributed by atoms with E-state index in [0.29, 0.717) is 12.8 Å². The van der Waals surface area contributed by atoms with E-state index in [9.17, 15) is 19.2 Å². The number of amides is 1. The second-order valence-corrected chi connectivity index (χ2v) is 9.08. The topological polar surface area (TPSA) is 134 Å². The van der Waals surface area contributed by atoms with Gasteiger partial charge in [-0.1, -0.05) is 78.4 Å². The number of nitrogens with one attached hydrogen (secondary N) is 1. The van der Waals surface area contributed by atoms with Crippen molar-refractivity contribution in [2.75, 3.05) is 21.3 Å². The monoisotopic (exact) mass is 548 g/mol. The van der Waals surface area contributed by atoms with E-state index in [1.807, 2.05) is 13.8 Å². The molecule has 0 aromatic carbocycles. The number of carbonyl (C=O) groups excluding carboxylic acids is 4. The Balaban J connectivity index is -0.000000160. The van der Waals surface area contributed by atoms with E-state index in [-0.39, 0.29) is 26.6 Å². The van der Waals surface area contributed by atoms with Gasteiger partial charge in [0.25, 0.3) is 0 Å². The van der Waals surface area contributed by atoms with Crippen molar-refractivity contribution in [2.45, 2.75) is 104 Å². The van der Waals surface area contributed by atoms with E-state index in [1.54, 1.807) is 12.2 Å². The number of esters is 3. The molecule has 0 unspecified atom stereocenters. The zero-order valence-electron chi connectivity index (χ0n) is 24.9. The minimum Gasteiger partial charge on any atom is -0.469 e. The zero-order valence-corrected chi connectivity index (χ0v) is 24.9. The van der Waals surface area contributed by atoms with Gasteiger partial charge < -0.3 is 25.3 Å². The van der Waals surface area contributed by atoms with Crippen LogP contribution in [0.5, 0.6) is 0 Å². The lowest BCUT2D eigenvalue weighted by Crippen LogP contribution is -2.43. The second-order valence-electron chi connectivity index (χ2n) is 9.08. The van der Waals surface area contributed by atoms with Crippen molar-refractivity contribution in [3.05, 3.63) is 25.3 Å². The predicted octanol–water partition coefficient (Wildman–Crippen LogP) is 5.37. The summed E-state index contributed by atoms with van der Waals surface area (Å²) in [5, 5.41) is 2.71. The molecular weight excluding hydrogens is 488 g/mol. The van der Waals surface area contributed by atoms with Crippen LogP contribution in [0, 0.1) is 11.8 Å². The fourth-order valence-corrected chi connectivity index (χ4v) is 3.12. The number of rotatable bonds is 17. The number of carbonyl (C=O) groups is 4. The van der Waals surface area contributed by atoms with Gasteiger partial charge in [0.05, 0.1) is 27.2 Å². The summed E-state index contributed by atoms with van der Waals surface area (Å²) in [7, 11) is 4.07. The highest BCUT2D eigenvalue weighted by molar-refractivity contribution is 5.85. The quantitative estimate of drug-likeness (QED) is 0.107. The van der Waals surface area contributed by atoms with Gasteiger partial charge in [-0.15, -0.1) is 13.2 Å². The van der Waals surface area contributed by atoms with Crippen molar-refractivity contribution in [3.8, 4) is 0 Å². The Morgan fingerprint density at radius 2 is 1.21 bits per heavy atom. The van der Waals surface area contributed by atoms with Crippen LogP contribution < -0.4 is 11.1 Å². The van der Waals surface area contributed by atoms with E-state index in [0.717, 1.165) is 38.5 Å². The molecule has 0 bridgehead atoms. The molecule has 9 nitrogen and oxygen atoms in total. The highest BCUT2D eigenvalue weighted by Gasteiger charge is 2.22. The molecule has 4 atom stereocenters. The SMILES string of the molecule is C=CC[C@@H](N)C(=O)OC.C=CC[C@H](NC(=O)[C@H](C)CCCCC)C(=O)OC.CCCCC[C@@H](C)C(=O)OC.[2HH].[2HH]. The first-order chi connectivity index (χ1) is 18.0. The van der Waals surface area contributed by atoms with Crippen molar-refractivity contribution < 1.29 is 36.2 Å². The molecular formula is C29H58N2O7. The smallest absolute Gasteiger partial charge is 0.328 e. The van der Waals surface area contributed by atoms with Gasteiger partial charge in [-0.2, -0.15) is 0 Å². The third-order valence-electron chi connectivity index (χ3n) is 5.66. The number of unbranched alkanes of at least 4 members (excludes halogenated alkanes) is 4. The fourth-order valence-electron chi connectivity index (χ4n) is 3.12. The van der Waals surface area contributed by atoms with Crippen molar-refractivity contribution in [1.82, 2.24) is 5.32 Å². The molecule has 0 heterocycles. The third-order valence-corrected chi connectivity index (χ3v) is 5.66. The first kappa shape index (κ1) is 39.8. The maximum Gasteiger partial charge on any atom is 0.328 e. The van der Waals surface area contributed by atoms with Crippen LogP contribution in [-0.4, -0.2) is 57.2 Å². The number of methoxy groups -OCH3 is 3. The van der Waals surface area contributed by atoms with Crippen LogP contribution in [0.25, 0.3) is 0 Å². The highest BCUT2D eigenvalue weighted by Crippen LogP contribution is 2.11. The Kier molecular flexibility index (Phi) is 28.7. The number of nitrogens with two attached hydrogens (primary N) is 1. The lowest BCUT2D eigenvalue weighted by Gasteiger charge is -2.18. The average Bonchev–Trinajstić information content (AvgIpc) is 2.92. The molecule has 38 heavy (non-hydrogen) atoms.